The predicted octanol–water partition coefficient (Wildman–Crippen LogP) is 4.37. The lowest BCUT2D eigenvalue weighted by atomic mass is 9.87. The first-order valence-corrected chi connectivity index (χ1v) is 12.7. The van der Waals surface area contributed by atoms with Crippen molar-refractivity contribution in [1.29, 1.82) is 0 Å². The van der Waals surface area contributed by atoms with Gasteiger partial charge in [0.25, 0.3) is 10.0 Å². The third-order valence-electron chi connectivity index (χ3n) is 5.45. The standard InChI is InChI=1S/C26H32N4O3S/c1-20-10-13-23(19-28-20)30(17-7-9-25(31)29-18-22-8-5-6-16-27-22)34(32,33)24-14-11-21(12-15-24)26(2,3)4/h5-6,8,10-16,19H,7,9,17-18H2,1-4H3,(H,29,31). The first-order chi connectivity index (χ1) is 16.1. The molecule has 0 saturated carbocycles. The molecule has 8 heteroatoms. The topological polar surface area (TPSA) is 92.3 Å². The summed E-state index contributed by atoms with van der Waals surface area (Å²) in [5, 5.41) is 2.83. The summed E-state index contributed by atoms with van der Waals surface area (Å²) in [6.45, 7) is 8.59. The van der Waals surface area contributed by atoms with Gasteiger partial charge in [0.1, 0.15) is 0 Å². The lowest BCUT2D eigenvalue weighted by Crippen LogP contribution is -2.33. The van der Waals surface area contributed by atoms with Crippen LogP contribution >= 0.6 is 0 Å². The molecule has 0 fully saturated rings. The van der Waals surface area contributed by atoms with E-state index in [0.717, 1.165) is 17.0 Å². The lowest BCUT2D eigenvalue weighted by Gasteiger charge is -2.25. The van der Waals surface area contributed by atoms with Crippen molar-refractivity contribution in [3.05, 3.63) is 83.9 Å². The van der Waals surface area contributed by atoms with Crippen molar-refractivity contribution in [3.8, 4) is 0 Å². The molecule has 0 aliphatic heterocycles. The van der Waals surface area contributed by atoms with E-state index >= 15 is 0 Å². The number of pyridine rings is 2. The molecule has 0 bridgehead atoms. The molecule has 3 aromatic rings. The van der Waals surface area contributed by atoms with Gasteiger partial charge in [-0.05, 0) is 60.7 Å². The number of hydrogen-bond acceptors (Lipinski definition) is 5. The highest BCUT2D eigenvalue weighted by Crippen LogP contribution is 2.27. The molecular formula is C26H32N4O3S. The van der Waals surface area contributed by atoms with E-state index < -0.39 is 10.0 Å². The Morgan fingerprint density at radius 2 is 1.74 bits per heavy atom. The van der Waals surface area contributed by atoms with E-state index in [4.69, 9.17) is 0 Å². The molecule has 3 rings (SSSR count). The summed E-state index contributed by atoms with van der Waals surface area (Å²) in [5.74, 6) is -0.153. The molecule has 1 amide bonds. The third kappa shape index (κ3) is 6.63. The van der Waals surface area contributed by atoms with Crippen LogP contribution in [0.4, 0.5) is 5.69 Å². The molecule has 180 valence electrons. The van der Waals surface area contributed by atoms with Crippen LogP contribution < -0.4 is 9.62 Å². The van der Waals surface area contributed by atoms with Gasteiger partial charge >= 0.3 is 0 Å². The second-order valence-corrected chi connectivity index (χ2v) is 11.1. The Balaban J connectivity index is 1.73. The average molecular weight is 481 g/mol. The summed E-state index contributed by atoms with van der Waals surface area (Å²) in [4.78, 5) is 21.0. The van der Waals surface area contributed by atoms with Crippen molar-refractivity contribution >= 4 is 21.6 Å². The second-order valence-electron chi connectivity index (χ2n) is 9.21. The van der Waals surface area contributed by atoms with Gasteiger partial charge in [-0.1, -0.05) is 39.0 Å². The molecule has 7 nitrogen and oxygen atoms in total. The van der Waals surface area contributed by atoms with E-state index in [1.54, 1.807) is 36.7 Å². The normalized spacial score (nSPS) is 11.8. The second kappa shape index (κ2) is 10.8. The summed E-state index contributed by atoms with van der Waals surface area (Å²) in [7, 11) is -3.83. The van der Waals surface area contributed by atoms with Crippen molar-refractivity contribution in [3.63, 3.8) is 0 Å². The minimum atomic E-state index is -3.83. The maximum atomic E-state index is 13.6. The zero-order chi connectivity index (χ0) is 24.8. The summed E-state index contributed by atoms with van der Waals surface area (Å²) in [6, 6.07) is 16.0. The highest BCUT2D eigenvalue weighted by atomic mass is 32.2. The van der Waals surface area contributed by atoms with Gasteiger partial charge in [-0.3, -0.25) is 19.1 Å². The van der Waals surface area contributed by atoms with Crippen LogP contribution in [0.15, 0.2) is 71.9 Å². The molecule has 34 heavy (non-hydrogen) atoms. The zero-order valence-corrected chi connectivity index (χ0v) is 21.0. The van der Waals surface area contributed by atoms with Crippen LogP contribution in [0.3, 0.4) is 0 Å². The highest BCUT2D eigenvalue weighted by molar-refractivity contribution is 7.92. The van der Waals surface area contributed by atoms with E-state index in [9.17, 15) is 13.2 Å². The van der Waals surface area contributed by atoms with Gasteiger partial charge in [0.05, 0.1) is 29.0 Å². The minimum absolute atomic E-state index is 0.0779. The molecule has 0 aliphatic carbocycles. The molecule has 0 saturated heterocycles. The average Bonchev–Trinajstić information content (AvgIpc) is 2.81. The number of nitrogens with one attached hydrogen (secondary N) is 1. The fourth-order valence-electron chi connectivity index (χ4n) is 3.41. The molecule has 0 spiro atoms. The number of aryl methyl sites for hydroxylation is 1. The number of benzene rings is 1. The van der Waals surface area contributed by atoms with Crippen molar-refractivity contribution in [2.75, 3.05) is 10.8 Å². The van der Waals surface area contributed by atoms with Crippen LogP contribution in [0, 0.1) is 6.92 Å². The Bertz CT molecular complexity index is 1190. The van der Waals surface area contributed by atoms with Crippen LogP contribution in [0.2, 0.25) is 0 Å². The Kier molecular flexibility index (Phi) is 8.04. The quantitative estimate of drug-likeness (QED) is 0.491. The Labute approximate surface area is 202 Å². The van der Waals surface area contributed by atoms with Crippen LogP contribution in [-0.4, -0.2) is 30.8 Å². The molecule has 2 aromatic heterocycles. The summed E-state index contributed by atoms with van der Waals surface area (Å²) < 4.78 is 28.4. The smallest absolute Gasteiger partial charge is 0.264 e. The number of rotatable bonds is 9. The fourth-order valence-corrected chi connectivity index (χ4v) is 4.90. The van der Waals surface area contributed by atoms with Gasteiger partial charge in [0.15, 0.2) is 0 Å². The van der Waals surface area contributed by atoms with Crippen molar-refractivity contribution in [2.45, 2.75) is 57.4 Å². The predicted molar refractivity (Wildman–Crippen MR) is 134 cm³/mol. The van der Waals surface area contributed by atoms with E-state index in [-0.39, 0.29) is 29.2 Å². The SMILES string of the molecule is Cc1ccc(N(CCCC(=O)NCc2ccccn2)S(=O)(=O)c2ccc(C(C)(C)C)cc2)cn1. The van der Waals surface area contributed by atoms with Gasteiger partial charge < -0.3 is 5.32 Å². The molecule has 1 N–H and O–H groups in total. The number of nitrogens with zero attached hydrogens (tertiary/aromatic N) is 3. The van der Waals surface area contributed by atoms with Gasteiger partial charge in [0, 0.05) is 24.9 Å². The number of hydrogen-bond donors (Lipinski definition) is 1. The number of amides is 1. The summed E-state index contributed by atoms with van der Waals surface area (Å²) in [5.41, 5.74) is 3.01. The Morgan fingerprint density at radius 3 is 2.32 bits per heavy atom. The van der Waals surface area contributed by atoms with Crippen LogP contribution in [-0.2, 0) is 26.8 Å². The van der Waals surface area contributed by atoms with Crippen molar-refractivity contribution in [2.24, 2.45) is 0 Å². The van der Waals surface area contributed by atoms with E-state index in [2.05, 4.69) is 36.1 Å². The van der Waals surface area contributed by atoms with E-state index in [0.29, 0.717) is 18.7 Å². The number of aromatic nitrogens is 2. The van der Waals surface area contributed by atoms with Crippen LogP contribution in [0.25, 0.3) is 0 Å². The van der Waals surface area contributed by atoms with Gasteiger partial charge in [-0.15, -0.1) is 0 Å². The largest absolute Gasteiger partial charge is 0.350 e. The van der Waals surface area contributed by atoms with E-state index in [1.165, 1.54) is 4.31 Å². The maximum Gasteiger partial charge on any atom is 0.264 e. The van der Waals surface area contributed by atoms with Gasteiger partial charge in [0.2, 0.25) is 5.91 Å². The highest BCUT2D eigenvalue weighted by Gasteiger charge is 2.26. The minimum Gasteiger partial charge on any atom is -0.350 e. The van der Waals surface area contributed by atoms with Gasteiger partial charge in [-0.25, -0.2) is 8.42 Å². The molecule has 0 aliphatic rings. The molecule has 0 radical (unpaired) electrons. The molecule has 0 unspecified atom stereocenters. The Morgan fingerprint density at radius 1 is 1.00 bits per heavy atom. The Hall–Kier alpha value is -3.26. The number of sulfonamides is 1. The number of anilines is 1. The fraction of sp³-hybridized carbons (Fsp3) is 0.346. The first-order valence-electron chi connectivity index (χ1n) is 11.3. The molecular weight excluding hydrogens is 448 g/mol. The molecule has 2 heterocycles. The lowest BCUT2D eigenvalue weighted by molar-refractivity contribution is -0.121. The number of carbonyl (C=O) groups excluding carboxylic acids is 1. The zero-order valence-electron chi connectivity index (χ0n) is 20.2. The monoisotopic (exact) mass is 480 g/mol. The first kappa shape index (κ1) is 25.4. The van der Waals surface area contributed by atoms with Crippen LogP contribution in [0.1, 0.15) is 50.6 Å². The van der Waals surface area contributed by atoms with E-state index in [1.807, 2.05) is 37.3 Å². The summed E-state index contributed by atoms with van der Waals surface area (Å²) in [6.07, 6.45) is 3.79. The van der Waals surface area contributed by atoms with Crippen molar-refractivity contribution in [1.82, 2.24) is 15.3 Å². The van der Waals surface area contributed by atoms with Crippen LogP contribution in [0.5, 0.6) is 0 Å². The molecule has 1 aromatic carbocycles. The van der Waals surface area contributed by atoms with Gasteiger partial charge in [-0.2, -0.15) is 0 Å². The third-order valence-corrected chi connectivity index (χ3v) is 7.29. The number of carbonyl (C=O) groups is 1. The summed E-state index contributed by atoms with van der Waals surface area (Å²) >= 11 is 0. The van der Waals surface area contributed by atoms with Crippen molar-refractivity contribution < 1.29 is 13.2 Å². The molecule has 0 atom stereocenters. The maximum absolute atomic E-state index is 13.6.